The summed E-state index contributed by atoms with van der Waals surface area (Å²) in [6.07, 6.45) is 1.42. The Morgan fingerprint density at radius 3 is 2.68 bits per heavy atom. The summed E-state index contributed by atoms with van der Waals surface area (Å²) < 4.78 is 15.1. The summed E-state index contributed by atoms with van der Waals surface area (Å²) in [5, 5.41) is 15.2. The zero-order valence-corrected chi connectivity index (χ0v) is 16.9. The molecule has 0 radical (unpaired) electrons. The predicted molar refractivity (Wildman–Crippen MR) is 112 cm³/mol. The quantitative estimate of drug-likeness (QED) is 0.709. The number of urea groups is 1. The number of carbonyl (C=O) groups excluding carboxylic acids is 2. The third kappa shape index (κ3) is 4.00. The lowest BCUT2D eigenvalue weighted by Crippen LogP contribution is -2.41. The molecular formula is C20H17ClFN7O2. The number of carbonyl (C=O) groups is 2. The second kappa shape index (κ2) is 8.20. The fraction of sp³-hybridized carbons (Fsp3) is 0.250. The summed E-state index contributed by atoms with van der Waals surface area (Å²) in [5.41, 5.74) is 8.11. The molecule has 2 aliphatic rings. The van der Waals surface area contributed by atoms with Crippen LogP contribution in [0.15, 0.2) is 35.5 Å². The predicted octanol–water partition coefficient (Wildman–Crippen LogP) is 2.62. The number of alkyl halides is 1. The first-order valence-electron chi connectivity index (χ1n) is 9.39. The first kappa shape index (κ1) is 20.6. The average molecular weight is 442 g/mol. The Balaban J connectivity index is 1.58. The molecule has 4 rings (SSSR count). The number of fused-ring (bicyclic) bond motifs is 1. The number of aliphatic imine (C=N–C) groups is 1. The summed E-state index contributed by atoms with van der Waals surface area (Å²) in [6.45, 7) is 0.826. The zero-order valence-electron chi connectivity index (χ0n) is 16.2. The first-order valence-corrected chi connectivity index (χ1v) is 9.83. The number of nitriles is 1. The molecular weight excluding hydrogens is 425 g/mol. The number of hydrogen-bond donors (Lipinski definition) is 2. The highest BCUT2D eigenvalue weighted by Gasteiger charge is 2.32. The van der Waals surface area contributed by atoms with E-state index in [1.807, 2.05) is 6.07 Å². The van der Waals surface area contributed by atoms with Gasteiger partial charge in [0, 0.05) is 30.4 Å². The molecule has 1 unspecified atom stereocenters. The lowest BCUT2D eigenvalue weighted by Gasteiger charge is -2.28. The molecule has 0 aliphatic carbocycles. The molecule has 1 atom stereocenters. The van der Waals surface area contributed by atoms with Crippen molar-refractivity contribution in [1.29, 1.82) is 5.26 Å². The molecule has 3 N–H and O–H groups in total. The van der Waals surface area contributed by atoms with E-state index in [4.69, 9.17) is 22.6 Å². The number of halogens is 2. The number of nitrogens with one attached hydrogen (secondary N) is 1. The third-order valence-electron chi connectivity index (χ3n) is 5.08. The van der Waals surface area contributed by atoms with Crippen LogP contribution in [0.5, 0.6) is 0 Å². The summed E-state index contributed by atoms with van der Waals surface area (Å²) in [5.74, 6) is -1.40. The number of benzene rings is 1. The van der Waals surface area contributed by atoms with Crippen LogP contribution in [0.3, 0.4) is 0 Å². The van der Waals surface area contributed by atoms with E-state index in [0.717, 1.165) is 0 Å². The van der Waals surface area contributed by atoms with Gasteiger partial charge in [0.25, 0.3) is 5.91 Å². The lowest BCUT2D eigenvalue weighted by molar-refractivity contribution is 0.0996. The summed E-state index contributed by atoms with van der Waals surface area (Å²) in [4.78, 5) is 30.1. The second-order valence-corrected chi connectivity index (χ2v) is 7.60. The van der Waals surface area contributed by atoms with Crippen molar-refractivity contribution < 1.29 is 14.0 Å². The molecule has 3 amide bonds. The molecule has 1 aromatic carbocycles. The van der Waals surface area contributed by atoms with Gasteiger partial charge in [0.1, 0.15) is 11.1 Å². The molecule has 3 heterocycles. The molecule has 0 saturated carbocycles. The van der Waals surface area contributed by atoms with Crippen LogP contribution in [0.2, 0.25) is 0 Å². The lowest BCUT2D eigenvalue weighted by atomic mass is 10.0. The van der Waals surface area contributed by atoms with Gasteiger partial charge in [-0.25, -0.2) is 9.79 Å². The molecule has 1 aromatic heterocycles. The van der Waals surface area contributed by atoms with Crippen molar-refractivity contribution in [3.63, 3.8) is 0 Å². The molecule has 158 valence electrons. The van der Waals surface area contributed by atoms with Crippen LogP contribution in [0.4, 0.5) is 14.9 Å². The summed E-state index contributed by atoms with van der Waals surface area (Å²) >= 11 is 5.95. The number of nitrogens with zero attached hydrogens (tertiary/aromatic N) is 5. The fourth-order valence-electron chi connectivity index (χ4n) is 3.51. The van der Waals surface area contributed by atoms with Crippen molar-refractivity contribution >= 4 is 40.8 Å². The van der Waals surface area contributed by atoms with Gasteiger partial charge in [0.2, 0.25) is 5.97 Å². The zero-order chi connectivity index (χ0) is 22.1. The van der Waals surface area contributed by atoms with Gasteiger partial charge in [-0.05, 0) is 24.3 Å². The normalized spacial score (nSPS) is 17.8. The molecule has 2 aliphatic heterocycles. The maximum atomic E-state index is 13.5. The average Bonchev–Trinajstić information content (AvgIpc) is 3.15. The molecule has 0 saturated heterocycles. The SMILES string of the molecule is N#Cc1ccc(NC(=O)N2CCn3nc(C4=CN=C(F)C(Cl)C4)c(C(N)=O)c3C2)cc1. The number of amides is 3. The summed E-state index contributed by atoms with van der Waals surface area (Å²) in [7, 11) is 0. The third-order valence-corrected chi connectivity index (χ3v) is 5.42. The molecule has 2 aromatic rings. The first-order chi connectivity index (χ1) is 14.9. The van der Waals surface area contributed by atoms with E-state index in [-0.39, 0.29) is 24.6 Å². The van der Waals surface area contributed by atoms with Crippen LogP contribution >= 0.6 is 11.6 Å². The van der Waals surface area contributed by atoms with E-state index in [2.05, 4.69) is 15.4 Å². The van der Waals surface area contributed by atoms with Gasteiger partial charge >= 0.3 is 6.03 Å². The Kier molecular flexibility index (Phi) is 5.44. The Bertz CT molecular complexity index is 1160. The van der Waals surface area contributed by atoms with E-state index in [1.54, 1.807) is 28.9 Å². The standard InChI is InChI=1S/C20H17ClFN7O2/c21-14-7-12(9-25-18(14)22)17-16(19(24)30)15-10-28(5-6-29(15)27-17)20(31)26-13-3-1-11(8-23)2-4-13/h1-4,9,14H,5-7,10H2,(H2,24,30)(H,26,31). The molecule has 0 spiro atoms. The van der Waals surface area contributed by atoms with Gasteiger partial charge in [-0.3, -0.25) is 9.48 Å². The molecule has 9 nitrogen and oxygen atoms in total. The van der Waals surface area contributed by atoms with Crippen LogP contribution in [0.25, 0.3) is 5.57 Å². The van der Waals surface area contributed by atoms with Crippen LogP contribution < -0.4 is 11.1 Å². The highest BCUT2D eigenvalue weighted by atomic mass is 35.5. The van der Waals surface area contributed by atoms with Crippen molar-refractivity contribution in [2.75, 3.05) is 11.9 Å². The van der Waals surface area contributed by atoms with Gasteiger partial charge in [0.05, 0.1) is 36.0 Å². The molecule has 11 heteroatoms. The monoisotopic (exact) mass is 441 g/mol. The Morgan fingerprint density at radius 2 is 2.03 bits per heavy atom. The number of allylic oxidation sites excluding steroid dienone is 1. The molecule has 0 bridgehead atoms. The van der Waals surface area contributed by atoms with Crippen molar-refractivity contribution in [1.82, 2.24) is 14.7 Å². The van der Waals surface area contributed by atoms with Crippen molar-refractivity contribution in [2.24, 2.45) is 10.7 Å². The van der Waals surface area contributed by atoms with E-state index in [9.17, 15) is 14.0 Å². The Morgan fingerprint density at radius 1 is 1.29 bits per heavy atom. The number of nitrogens with two attached hydrogens (primary N) is 1. The maximum absolute atomic E-state index is 13.5. The minimum Gasteiger partial charge on any atom is -0.365 e. The number of anilines is 1. The van der Waals surface area contributed by atoms with E-state index in [0.29, 0.717) is 41.3 Å². The summed E-state index contributed by atoms with van der Waals surface area (Å²) in [6, 6.07) is 8.13. The maximum Gasteiger partial charge on any atom is 0.322 e. The number of aromatic nitrogens is 2. The topological polar surface area (TPSA) is 129 Å². The highest BCUT2D eigenvalue weighted by Crippen LogP contribution is 2.31. The van der Waals surface area contributed by atoms with Gasteiger partial charge in [-0.2, -0.15) is 14.8 Å². The van der Waals surface area contributed by atoms with Crippen LogP contribution in [0, 0.1) is 11.3 Å². The molecule has 0 fully saturated rings. The van der Waals surface area contributed by atoms with Gasteiger partial charge in [-0.15, -0.1) is 11.6 Å². The minimum absolute atomic E-state index is 0.114. The van der Waals surface area contributed by atoms with Crippen LogP contribution in [-0.4, -0.2) is 44.5 Å². The van der Waals surface area contributed by atoms with E-state index >= 15 is 0 Å². The van der Waals surface area contributed by atoms with E-state index < -0.39 is 17.2 Å². The van der Waals surface area contributed by atoms with Gasteiger partial charge in [-0.1, -0.05) is 0 Å². The van der Waals surface area contributed by atoms with Crippen LogP contribution in [-0.2, 0) is 13.1 Å². The van der Waals surface area contributed by atoms with Crippen molar-refractivity contribution in [3.05, 3.63) is 53.0 Å². The van der Waals surface area contributed by atoms with Crippen molar-refractivity contribution in [2.45, 2.75) is 24.9 Å². The Hall–Kier alpha value is -3.71. The number of rotatable bonds is 3. The molecule has 31 heavy (non-hydrogen) atoms. The van der Waals surface area contributed by atoms with Crippen LogP contribution in [0.1, 0.15) is 33.7 Å². The fourth-order valence-corrected chi connectivity index (χ4v) is 3.74. The van der Waals surface area contributed by atoms with Gasteiger partial charge < -0.3 is 16.0 Å². The number of hydrogen-bond acceptors (Lipinski definition) is 5. The smallest absolute Gasteiger partial charge is 0.322 e. The number of primary amides is 1. The van der Waals surface area contributed by atoms with Gasteiger partial charge in [0.15, 0.2) is 0 Å². The highest BCUT2D eigenvalue weighted by molar-refractivity contribution is 6.31. The van der Waals surface area contributed by atoms with Crippen molar-refractivity contribution in [3.8, 4) is 6.07 Å². The minimum atomic E-state index is -0.936. The van der Waals surface area contributed by atoms with E-state index in [1.165, 1.54) is 11.1 Å². The largest absolute Gasteiger partial charge is 0.365 e. The Labute approximate surface area is 181 Å². The second-order valence-electron chi connectivity index (χ2n) is 7.08.